The molecule has 0 saturated heterocycles. The molecule has 40 heavy (non-hydrogen) atoms. The number of anilines is 2. The summed E-state index contributed by atoms with van der Waals surface area (Å²) in [5.41, 5.74) is 7.29. The maximum Gasteiger partial charge on any atom is 0.346 e. The average Bonchev–Trinajstić information content (AvgIpc) is 3.29. The number of rotatable bonds is 5. The lowest BCUT2D eigenvalue weighted by Crippen LogP contribution is -2.33. The van der Waals surface area contributed by atoms with Crippen LogP contribution in [0.2, 0.25) is 0 Å². The molecule has 0 spiro atoms. The van der Waals surface area contributed by atoms with Crippen molar-refractivity contribution in [2.45, 2.75) is 32.9 Å². The monoisotopic (exact) mass is 538 g/mol. The molecule has 4 aromatic carbocycles. The van der Waals surface area contributed by atoms with Gasteiger partial charge in [0.05, 0.1) is 18.2 Å². The first-order valence-electron chi connectivity index (χ1n) is 13.0. The summed E-state index contributed by atoms with van der Waals surface area (Å²) in [6.07, 6.45) is 2.18. The van der Waals surface area contributed by atoms with Crippen LogP contribution >= 0.6 is 0 Å². The number of aryl methyl sites for hydroxylation is 1. The predicted octanol–water partition coefficient (Wildman–Crippen LogP) is 7.73. The summed E-state index contributed by atoms with van der Waals surface area (Å²) in [6, 6.07) is 19.8. The maximum atomic E-state index is 14.4. The third kappa shape index (κ3) is 4.37. The van der Waals surface area contributed by atoms with Gasteiger partial charge < -0.3 is 19.7 Å². The quantitative estimate of drug-likeness (QED) is 0.208. The highest BCUT2D eigenvalue weighted by molar-refractivity contribution is 5.98. The molecule has 1 N–H and O–H groups in total. The Balaban J connectivity index is 1.42. The molecule has 7 heteroatoms. The molecule has 6 rings (SSSR count). The van der Waals surface area contributed by atoms with Gasteiger partial charge in [-0.05, 0) is 86.0 Å². The van der Waals surface area contributed by atoms with E-state index in [1.54, 1.807) is 37.4 Å². The van der Waals surface area contributed by atoms with Gasteiger partial charge in [-0.2, -0.15) is 0 Å². The number of nitrogens with one attached hydrogen (secondary N) is 1. The van der Waals surface area contributed by atoms with Gasteiger partial charge in [-0.3, -0.25) is 0 Å². The average molecular weight is 539 g/mol. The number of benzene rings is 4. The summed E-state index contributed by atoms with van der Waals surface area (Å²) in [5.74, 6) is -0.973. The molecular weight excluding hydrogens is 510 g/mol. The van der Waals surface area contributed by atoms with E-state index < -0.39 is 11.8 Å². The van der Waals surface area contributed by atoms with Crippen molar-refractivity contribution in [3.8, 4) is 22.6 Å². The number of hydrogen-bond acceptors (Lipinski definition) is 5. The first kappa shape index (κ1) is 25.6. The Bertz CT molecular complexity index is 1710. The van der Waals surface area contributed by atoms with Crippen LogP contribution in [0.25, 0.3) is 16.8 Å². The van der Waals surface area contributed by atoms with E-state index in [2.05, 4.69) is 36.2 Å². The van der Waals surface area contributed by atoms with E-state index in [-0.39, 0.29) is 22.7 Å². The van der Waals surface area contributed by atoms with Crippen LogP contribution in [-0.2, 0) is 6.54 Å². The molecule has 0 unspecified atom stereocenters. The molecule has 5 nitrogen and oxygen atoms in total. The highest BCUT2D eigenvalue weighted by atomic mass is 19.1. The summed E-state index contributed by atoms with van der Waals surface area (Å²) in [4.78, 5) is 14.7. The molecule has 0 atom stereocenters. The van der Waals surface area contributed by atoms with Crippen LogP contribution < -0.4 is 19.7 Å². The number of halogens is 2. The van der Waals surface area contributed by atoms with E-state index in [4.69, 9.17) is 9.47 Å². The Morgan fingerprint density at radius 3 is 2.52 bits per heavy atom. The van der Waals surface area contributed by atoms with Gasteiger partial charge in [-0.15, -0.1) is 0 Å². The van der Waals surface area contributed by atoms with E-state index in [9.17, 15) is 13.6 Å². The Kier molecular flexibility index (Phi) is 6.10. The Morgan fingerprint density at radius 1 is 0.975 bits per heavy atom. The molecule has 0 radical (unpaired) electrons. The third-order valence-electron chi connectivity index (χ3n) is 7.36. The molecule has 0 aliphatic carbocycles. The Hall–Kier alpha value is -4.65. The van der Waals surface area contributed by atoms with Crippen molar-refractivity contribution in [1.29, 1.82) is 0 Å². The molecule has 0 amide bonds. The number of hydrogen-bond donors (Lipinski definition) is 1. The van der Waals surface area contributed by atoms with Gasteiger partial charge in [0.2, 0.25) is 0 Å². The second-order valence-corrected chi connectivity index (χ2v) is 10.6. The van der Waals surface area contributed by atoms with Crippen molar-refractivity contribution in [2.24, 2.45) is 0 Å². The topological polar surface area (TPSA) is 50.8 Å². The SMILES string of the molecule is COc1cc(OC(=O)c2ccccc2F)ccc1-c1ccc2c3c1CN(c1cc(F)ccc1C)C3=CC(C)(C)N2. The molecule has 0 fully saturated rings. The van der Waals surface area contributed by atoms with Crippen LogP contribution in [0.5, 0.6) is 11.5 Å². The van der Waals surface area contributed by atoms with E-state index in [0.29, 0.717) is 12.3 Å². The maximum absolute atomic E-state index is 14.4. The van der Waals surface area contributed by atoms with Gasteiger partial charge in [-0.25, -0.2) is 13.6 Å². The van der Waals surface area contributed by atoms with Crippen molar-refractivity contribution in [2.75, 3.05) is 17.3 Å². The van der Waals surface area contributed by atoms with Crippen molar-refractivity contribution >= 4 is 23.0 Å². The summed E-state index contributed by atoms with van der Waals surface area (Å²) in [7, 11) is 1.55. The van der Waals surface area contributed by atoms with E-state index in [1.807, 2.05) is 19.1 Å². The minimum absolute atomic E-state index is 0.143. The number of carbonyl (C=O) groups is 1. The zero-order chi connectivity index (χ0) is 28.2. The van der Waals surface area contributed by atoms with E-state index in [0.717, 1.165) is 44.9 Å². The first-order chi connectivity index (χ1) is 19.1. The molecule has 0 aromatic heterocycles. The van der Waals surface area contributed by atoms with Crippen molar-refractivity contribution in [1.82, 2.24) is 0 Å². The fourth-order valence-electron chi connectivity index (χ4n) is 5.55. The summed E-state index contributed by atoms with van der Waals surface area (Å²) >= 11 is 0. The van der Waals surface area contributed by atoms with Gasteiger partial charge in [-0.1, -0.05) is 24.3 Å². The fourth-order valence-corrected chi connectivity index (χ4v) is 5.55. The smallest absolute Gasteiger partial charge is 0.346 e. The minimum Gasteiger partial charge on any atom is -0.496 e. The predicted molar refractivity (Wildman–Crippen MR) is 153 cm³/mol. The normalized spacial score (nSPS) is 14.8. The standard InChI is InChI=1S/C33H28F2N2O3/c1-19-9-10-20(34)15-28(19)37-18-25-22(13-14-27-31(25)29(37)17-33(2,3)36-27)23-12-11-21(16-30(23)39-4)40-32(38)24-7-5-6-8-26(24)35/h5-17,36H,18H2,1-4H3. The lowest BCUT2D eigenvalue weighted by atomic mass is 9.89. The van der Waals surface area contributed by atoms with Crippen LogP contribution in [0.3, 0.4) is 0 Å². The molecular formula is C33H28F2N2O3. The van der Waals surface area contributed by atoms with Gasteiger partial charge in [0.15, 0.2) is 0 Å². The molecule has 0 saturated carbocycles. The van der Waals surface area contributed by atoms with Crippen LogP contribution in [0.4, 0.5) is 20.2 Å². The van der Waals surface area contributed by atoms with Gasteiger partial charge in [0, 0.05) is 40.8 Å². The molecule has 2 aliphatic rings. The Morgan fingerprint density at radius 2 is 1.75 bits per heavy atom. The van der Waals surface area contributed by atoms with Crippen molar-refractivity contribution in [3.05, 3.63) is 113 Å². The molecule has 4 aromatic rings. The number of carbonyl (C=O) groups excluding carboxylic acids is 1. The largest absolute Gasteiger partial charge is 0.496 e. The van der Waals surface area contributed by atoms with Crippen LogP contribution in [0, 0.1) is 18.6 Å². The molecule has 2 heterocycles. The van der Waals surface area contributed by atoms with Gasteiger partial charge in [0.25, 0.3) is 0 Å². The van der Waals surface area contributed by atoms with Crippen LogP contribution in [0.15, 0.2) is 78.9 Å². The molecule has 202 valence electrons. The second kappa shape index (κ2) is 9.52. The Labute approximate surface area is 231 Å². The lowest BCUT2D eigenvalue weighted by molar-refractivity contribution is 0.0729. The highest BCUT2D eigenvalue weighted by Gasteiger charge is 2.37. The third-order valence-corrected chi connectivity index (χ3v) is 7.36. The summed E-state index contributed by atoms with van der Waals surface area (Å²) in [6.45, 7) is 6.74. The number of esters is 1. The van der Waals surface area contributed by atoms with Gasteiger partial charge in [0.1, 0.15) is 23.1 Å². The van der Waals surface area contributed by atoms with Crippen molar-refractivity contribution in [3.63, 3.8) is 0 Å². The molecule has 2 aliphatic heterocycles. The lowest BCUT2D eigenvalue weighted by Gasteiger charge is -2.33. The first-order valence-corrected chi connectivity index (χ1v) is 13.0. The fraction of sp³-hybridized carbons (Fsp3) is 0.182. The second-order valence-electron chi connectivity index (χ2n) is 10.6. The number of nitrogens with zero attached hydrogens (tertiary/aromatic N) is 1. The summed E-state index contributed by atoms with van der Waals surface area (Å²) in [5, 5.41) is 3.61. The number of methoxy groups -OCH3 is 1. The van der Waals surface area contributed by atoms with Crippen LogP contribution in [-0.4, -0.2) is 18.6 Å². The zero-order valence-corrected chi connectivity index (χ0v) is 22.6. The molecule has 0 bridgehead atoms. The highest BCUT2D eigenvalue weighted by Crippen LogP contribution is 2.50. The zero-order valence-electron chi connectivity index (χ0n) is 22.6. The summed E-state index contributed by atoms with van der Waals surface area (Å²) < 4.78 is 39.7. The van der Waals surface area contributed by atoms with E-state index >= 15 is 0 Å². The van der Waals surface area contributed by atoms with Crippen molar-refractivity contribution < 1.29 is 23.0 Å². The van der Waals surface area contributed by atoms with Gasteiger partial charge >= 0.3 is 5.97 Å². The minimum atomic E-state index is -0.787. The number of ether oxygens (including phenoxy) is 2. The van der Waals surface area contributed by atoms with Crippen LogP contribution in [0.1, 0.15) is 40.9 Å². The van der Waals surface area contributed by atoms with E-state index in [1.165, 1.54) is 24.3 Å².